The van der Waals surface area contributed by atoms with Gasteiger partial charge < -0.3 is 0 Å². The van der Waals surface area contributed by atoms with Crippen LogP contribution < -0.4 is 5.32 Å². The SMILES string of the molecule is CCCC(=O)Nc1nc(SCC)n[nH]1. The van der Waals surface area contributed by atoms with Gasteiger partial charge in [-0.05, 0) is 12.2 Å². The standard InChI is InChI=1S/C8H14N4OS/c1-3-5-6(13)9-7-10-8(12-11-7)14-4-2/h3-5H2,1-2H3,(H2,9,10,11,12,13). The monoisotopic (exact) mass is 214 g/mol. The molecule has 14 heavy (non-hydrogen) atoms. The average Bonchev–Trinajstić information content (AvgIpc) is 2.53. The molecule has 0 aliphatic carbocycles. The van der Waals surface area contributed by atoms with Crippen molar-refractivity contribution in [2.75, 3.05) is 11.1 Å². The molecule has 0 bridgehead atoms. The van der Waals surface area contributed by atoms with Gasteiger partial charge in [-0.2, -0.15) is 4.98 Å². The highest BCUT2D eigenvalue weighted by atomic mass is 32.2. The van der Waals surface area contributed by atoms with Gasteiger partial charge in [0.1, 0.15) is 0 Å². The van der Waals surface area contributed by atoms with E-state index in [1.165, 1.54) is 11.8 Å². The minimum absolute atomic E-state index is 0.0308. The van der Waals surface area contributed by atoms with Crippen molar-refractivity contribution in [1.82, 2.24) is 15.2 Å². The Morgan fingerprint density at radius 2 is 2.36 bits per heavy atom. The summed E-state index contributed by atoms with van der Waals surface area (Å²) in [5.41, 5.74) is 0. The van der Waals surface area contributed by atoms with Crippen LogP contribution in [0.4, 0.5) is 5.95 Å². The van der Waals surface area contributed by atoms with Gasteiger partial charge in [0.15, 0.2) is 0 Å². The molecule has 0 saturated heterocycles. The Balaban J connectivity index is 2.46. The van der Waals surface area contributed by atoms with E-state index < -0.39 is 0 Å². The third-order valence-corrected chi connectivity index (χ3v) is 2.20. The number of aromatic amines is 1. The number of rotatable bonds is 5. The van der Waals surface area contributed by atoms with Crippen molar-refractivity contribution in [1.29, 1.82) is 0 Å². The molecule has 0 aromatic carbocycles. The molecular weight excluding hydrogens is 200 g/mol. The highest BCUT2D eigenvalue weighted by molar-refractivity contribution is 7.99. The first-order chi connectivity index (χ1) is 6.76. The smallest absolute Gasteiger partial charge is 0.226 e. The van der Waals surface area contributed by atoms with E-state index in [1.54, 1.807) is 0 Å². The van der Waals surface area contributed by atoms with Crippen molar-refractivity contribution >= 4 is 23.6 Å². The van der Waals surface area contributed by atoms with Crippen molar-refractivity contribution in [3.8, 4) is 0 Å². The molecule has 0 atom stereocenters. The van der Waals surface area contributed by atoms with Crippen LogP contribution in [-0.4, -0.2) is 26.8 Å². The van der Waals surface area contributed by atoms with Gasteiger partial charge in [-0.25, -0.2) is 5.10 Å². The van der Waals surface area contributed by atoms with E-state index in [2.05, 4.69) is 20.5 Å². The van der Waals surface area contributed by atoms with Gasteiger partial charge in [-0.15, -0.1) is 5.10 Å². The number of nitrogens with one attached hydrogen (secondary N) is 2. The van der Waals surface area contributed by atoms with Crippen LogP contribution in [0.5, 0.6) is 0 Å². The molecular formula is C8H14N4OS. The minimum Gasteiger partial charge on any atom is -0.295 e. The molecule has 0 aliphatic heterocycles. The fraction of sp³-hybridized carbons (Fsp3) is 0.625. The first-order valence-electron chi connectivity index (χ1n) is 4.61. The lowest BCUT2D eigenvalue weighted by atomic mass is 10.3. The summed E-state index contributed by atoms with van der Waals surface area (Å²) in [5.74, 6) is 1.32. The van der Waals surface area contributed by atoms with Gasteiger partial charge in [-0.1, -0.05) is 25.6 Å². The van der Waals surface area contributed by atoms with Crippen molar-refractivity contribution in [3.63, 3.8) is 0 Å². The molecule has 0 fully saturated rings. The number of H-pyrrole nitrogens is 1. The summed E-state index contributed by atoms with van der Waals surface area (Å²) in [6.45, 7) is 3.98. The second-order valence-corrected chi connectivity index (χ2v) is 3.93. The summed E-state index contributed by atoms with van der Waals surface area (Å²) in [6.07, 6.45) is 1.34. The third kappa shape index (κ3) is 3.37. The number of hydrogen-bond acceptors (Lipinski definition) is 4. The van der Waals surface area contributed by atoms with E-state index in [1.807, 2.05) is 13.8 Å². The highest BCUT2D eigenvalue weighted by Crippen LogP contribution is 2.12. The summed E-state index contributed by atoms with van der Waals surface area (Å²) in [4.78, 5) is 15.3. The average molecular weight is 214 g/mol. The van der Waals surface area contributed by atoms with E-state index in [4.69, 9.17) is 0 Å². The minimum atomic E-state index is -0.0308. The molecule has 0 spiro atoms. The lowest BCUT2D eigenvalue weighted by molar-refractivity contribution is -0.116. The number of carbonyl (C=O) groups excluding carboxylic acids is 1. The lowest BCUT2D eigenvalue weighted by Crippen LogP contribution is -2.11. The molecule has 1 rings (SSSR count). The first-order valence-corrected chi connectivity index (χ1v) is 5.59. The molecule has 1 amide bonds. The second-order valence-electron chi connectivity index (χ2n) is 2.70. The molecule has 1 aromatic rings. The van der Waals surface area contributed by atoms with Gasteiger partial charge in [0.25, 0.3) is 0 Å². The molecule has 0 aliphatic rings. The van der Waals surface area contributed by atoms with E-state index in [0.29, 0.717) is 17.5 Å². The zero-order chi connectivity index (χ0) is 10.4. The van der Waals surface area contributed by atoms with Crippen molar-refractivity contribution in [3.05, 3.63) is 0 Å². The molecule has 6 heteroatoms. The zero-order valence-electron chi connectivity index (χ0n) is 8.33. The fourth-order valence-corrected chi connectivity index (χ4v) is 1.44. The van der Waals surface area contributed by atoms with Crippen LogP contribution in [0.2, 0.25) is 0 Å². The van der Waals surface area contributed by atoms with E-state index in [-0.39, 0.29) is 5.91 Å². The number of amides is 1. The topological polar surface area (TPSA) is 70.7 Å². The Morgan fingerprint density at radius 3 is 3.00 bits per heavy atom. The van der Waals surface area contributed by atoms with E-state index in [9.17, 15) is 4.79 Å². The Hall–Kier alpha value is -1.04. The molecule has 2 N–H and O–H groups in total. The van der Waals surface area contributed by atoms with Crippen LogP contribution >= 0.6 is 11.8 Å². The first kappa shape index (κ1) is 11.0. The van der Waals surface area contributed by atoms with Crippen LogP contribution in [0, 0.1) is 0 Å². The predicted molar refractivity (Wildman–Crippen MR) is 56.3 cm³/mol. The van der Waals surface area contributed by atoms with Gasteiger partial charge in [0, 0.05) is 6.42 Å². The van der Waals surface area contributed by atoms with E-state index >= 15 is 0 Å². The molecule has 1 aromatic heterocycles. The number of nitrogens with zero attached hydrogens (tertiary/aromatic N) is 2. The maximum absolute atomic E-state index is 11.2. The van der Waals surface area contributed by atoms with Gasteiger partial charge in [0.2, 0.25) is 17.0 Å². The van der Waals surface area contributed by atoms with Crippen molar-refractivity contribution in [2.45, 2.75) is 31.8 Å². The van der Waals surface area contributed by atoms with Crippen LogP contribution in [-0.2, 0) is 4.79 Å². The normalized spacial score (nSPS) is 10.1. The summed E-state index contributed by atoms with van der Waals surface area (Å²) >= 11 is 1.53. The van der Waals surface area contributed by atoms with E-state index in [0.717, 1.165) is 12.2 Å². The molecule has 5 nitrogen and oxygen atoms in total. The van der Waals surface area contributed by atoms with Crippen LogP contribution in [0.25, 0.3) is 0 Å². The Kier molecular flexibility index (Phi) is 4.45. The van der Waals surface area contributed by atoms with Crippen LogP contribution in [0.1, 0.15) is 26.7 Å². The molecule has 0 radical (unpaired) electrons. The van der Waals surface area contributed by atoms with Crippen molar-refractivity contribution < 1.29 is 4.79 Å². The Bertz CT molecular complexity index is 299. The van der Waals surface area contributed by atoms with Gasteiger partial charge in [0.05, 0.1) is 0 Å². The number of aromatic nitrogens is 3. The third-order valence-electron chi connectivity index (χ3n) is 1.47. The lowest BCUT2D eigenvalue weighted by Gasteiger charge is -1.97. The van der Waals surface area contributed by atoms with Crippen molar-refractivity contribution in [2.24, 2.45) is 0 Å². The predicted octanol–water partition coefficient (Wildman–Crippen LogP) is 1.66. The summed E-state index contributed by atoms with van der Waals surface area (Å²) in [6, 6.07) is 0. The zero-order valence-corrected chi connectivity index (χ0v) is 9.15. The quantitative estimate of drug-likeness (QED) is 0.731. The van der Waals surface area contributed by atoms with Crippen LogP contribution in [0.3, 0.4) is 0 Å². The summed E-state index contributed by atoms with van der Waals surface area (Å²) in [5, 5.41) is 9.90. The maximum atomic E-state index is 11.2. The number of anilines is 1. The highest BCUT2D eigenvalue weighted by Gasteiger charge is 2.05. The number of hydrogen-bond donors (Lipinski definition) is 2. The summed E-state index contributed by atoms with van der Waals surface area (Å²) in [7, 11) is 0. The summed E-state index contributed by atoms with van der Waals surface area (Å²) < 4.78 is 0. The number of thioether (sulfide) groups is 1. The van der Waals surface area contributed by atoms with Gasteiger partial charge >= 0.3 is 0 Å². The van der Waals surface area contributed by atoms with Gasteiger partial charge in [-0.3, -0.25) is 10.1 Å². The second kappa shape index (κ2) is 5.64. The van der Waals surface area contributed by atoms with Crippen LogP contribution in [0.15, 0.2) is 5.16 Å². The molecule has 0 unspecified atom stereocenters. The largest absolute Gasteiger partial charge is 0.295 e. The molecule has 1 heterocycles. The Morgan fingerprint density at radius 1 is 1.57 bits per heavy atom. The maximum Gasteiger partial charge on any atom is 0.226 e. The molecule has 0 saturated carbocycles. The number of carbonyl (C=O) groups is 1. The fourth-order valence-electron chi connectivity index (χ4n) is 0.918. The molecule has 78 valence electrons. The Labute approximate surface area is 87.1 Å².